The van der Waals surface area contributed by atoms with Crippen molar-refractivity contribution in [1.82, 2.24) is 4.31 Å². The van der Waals surface area contributed by atoms with Crippen LogP contribution in [-0.4, -0.2) is 44.6 Å². The molecule has 0 fully saturated rings. The van der Waals surface area contributed by atoms with E-state index < -0.39 is 10.0 Å². The summed E-state index contributed by atoms with van der Waals surface area (Å²) in [7, 11) is -2.45. The molecule has 0 atom stereocenters. The van der Waals surface area contributed by atoms with Gasteiger partial charge in [0.15, 0.2) is 5.78 Å². The van der Waals surface area contributed by atoms with Gasteiger partial charge in [-0.15, -0.1) is 0 Å². The monoisotopic (exact) mass is 402 g/mol. The van der Waals surface area contributed by atoms with Gasteiger partial charge < -0.3 is 4.90 Å². The molecule has 0 aliphatic heterocycles. The zero-order chi connectivity index (χ0) is 20.7. The van der Waals surface area contributed by atoms with Gasteiger partial charge in [-0.25, -0.2) is 8.42 Å². The number of amides is 1. The maximum Gasteiger partial charge on any atom is 0.243 e. The van der Waals surface area contributed by atoms with Gasteiger partial charge in [0, 0.05) is 24.8 Å². The number of Topliss-reactive ketones (excluding diaryl/α,β-unsaturated/α-hetero) is 1. The van der Waals surface area contributed by atoms with Crippen molar-refractivity contribution in [3.8, 4) is 0 Å². The molecule has 0 aromatic heterocycles. The number of unbranched alkanes of at least 4 members (excludes halogenated alkanes) is 1. The molecule has 0 spiro atoms. The second-order valence-electron chi connectivity index (χ2n) is 6.58. The first kappa shape index (κ1) is 21.8. The molecular weight excluding hydrogens is 376 g/mol. The Morgan fingerprint density at radius 1 is 0.964 bits per heavy atom. The number of sulfonamides is 1. The molecule has 0 saturated heterocycles. The van der Waals surface area contributed by atoms with Crippen molar-refractivity contribution in [3.05, 3.63) is 60.2 Å². The molecule has 0 heterocycles. The molecule has 28 heavy (non-hydrogen) atoms. The van der Waals surface area contributed by atoms with Gasteiger partial charge in [0.05, 0.1) is 11.4 Å². The Morgan fingerprint density at radius 3 is 2.11 bits per heavy atom. The highest BCUT2D eigenvalue weighted by atomic mass is 32.2. The summed E-state index contributed by atoms with van der Waals surface area (Å²) in [5, 5.41) is 0. The number of ketones is 1. The molecule has 0 aliphatic rings. The minimum atomic E-state index is -3.84. The van der Waals surface area contributed by atoms with E-state index in [1.54, 1.807) is 4.90 Å². The summed E-state index contributed by atoms with van der Waals surface area (Å²) in [5.74, 6) is -0.423. The van der Waals surface area contributed by atoms with Crippen LogP contribution in [0.1, 0.15) is 37.0 Å². The van der Waals surface area contributed by atoms with E-state index in [-0.39, 0.29) is 23.1 Å². The van der Waals surface area contributed by atoms with Crippen molar-refractivity contribution in [2.45, 2.75) is 31.6 Å². The molecule has 6 nitrogen and oxygen atoms in total. The Balaban J connectivity index is 2.19. The van der Waals surface area contributed by atoms with Crippen LogP contribution in [0.25, 0.3) is 0 Å². The number of nitrogens with zero attached hydrogens (tertiary/aromatic N) is 2. The van der Waals surface area contributed by atoms with Gasteiger partial charge in [-0.1, -0.05) is 43.7 Å². The second kappa shape index (κ2) is 9.61. The van der Waals surface area contributed by atoms with Crippen LogP contribution in [0, 0.1) is 0 Å². The van der Waals surface area contributed by atoms with E-state index >= 15 is 0 Å². The molecule has 2 rings (SSSR count). The van der Waals surface area contributed by atoms with Crippen molar-refractivity contribution in [1.29, 1.82) is 0 Å². The van der Waals surface area contributed by atoms with Gasteiger partial charge in [0.25, 0.3) is 0 Å². The zero-order valence-corrected chi connectivity index (χ0v) is 17.3. The lowest BCUT2D eigenvalue weighted by Crippen LogP contribution is -2.41. The van der Waals surface area contributed by atoms with E-state index in [9.17, 15) is 18.0 Å². The van der Waals surface area contributed by atoms with Gasteiger partial charge in [-0.2, -0.15) is 4.31 Å². The van der Waals surface area contributed by atoms with Crippen LogP contribution >= 0.6 is 0 Å². The van der Waals surface area contributed by atoms with Crippen LogP contribution in [0.4, 0.5) is 5.69 Å². The van der Waals surface area contributed by atoms with E-state index in [4.69, 9.17) is 0 Å². The molecule has 1 amide bonds. The molecule has 2 aromatic rings. The Bertz CT molecular complexity index is 909. The fourth-order valence-corrected chi connectivity index (χ4v) is 3.84. The zero-order valence-electron chi connectivity index (χ0n) is 16.5. The Labute approximate surface area is 166 Å². The number of hydrogen-bond acceptors (Lipinski definition) is 4. The first-order chi connectivity index (χ1) is 13.3. The summed E-state index contributed by atoms with van der Waals surface area (Å²) in [6.07, 6.45) is 1.75. The maximum absolute atomic E-state index is 12.9. The lowest BCUT2D eigenvalue weighted by molar-refractivity contribution is -0.118. The second-order valence-corrected chi connectivity index (χ2v) is 8.62. The van der Waals surface area contributed by atoms with Crippen LogP contribution < -0.4 is 4.90 Å². The quantitative estimate of drug-likeness (QED) is 0.603. The Morgan fingerprint density at radius 2 is 1.57 bits per heavy atom. The molecule has 7 heteroatoms. The predicted molar refractivity (Wildman–Crippen MR) is 110 cm³/mol. The van der Waals surface area contributed by atoms with E-state index in [0.29, 0.717) is 12.1 Å². The van der Waals surface area contributed by atoms with Crippen LogP contribution in [0.2, 0.25) is 0 Å². The van der Waals surface area contributed by atoms with E-state index in [1.165, 1.54) is 38.2 Å². The number of hydrogen-bond donors (Lipinski definition) is 0. The topological polar surface area (TPSA) is 74.8 Å². The summed E-state index contributed by atoms with van der Waals surface area (Å²) in [6.45, 7) is 3.72. The standard InChI is InChI=1S/C21H26N2O4S/c1-4-5-15-23(19-9-7-6-8-10-19)21(25)16-22(3)28(26,27)20-13-11-18(12-14-20)17(2)24/h6-14H,4-5,15-16H2,1-3H3. The fraction of sp³-hybridized carbons (Fsp3) is 0.333. The maximum atomic E-state index is 12.9. The van der Waals surface area contributed by atoms with Crippen molar-refractivity contribution in [2.75, 3.05) is 25.0 Å². The van der Waals surface area contributed by atoms with Gasteiger partial charge in [0.2, 0.25) is 15.9 Å². The smallest absolute Gasteiger partial charge is 0.243 e. The molecule has 150 valence electrons. The number of rotatable bonds is 9. The number of anilines is 1. The van der Waals surface area contributed by atoms with Gasteiger partial charge in [-0.3, -0.25) is 9.59 Å². The van der Waals surface area contributed by atoms with Crippen molar-refractivity contribution < 1.29 is 18.0 Å². The average molecular weight is 403 g/mol. The minimum Gasteiger partial charge on any atom is -0.311 e. The predicted octanol–water partition coefficient (Wildman–Crippen LogP) is 3.34. The largest absolute Gasteiger partial charge is 0.311 e. The van der Waals surface area contributed by atoms with Crippen LogP contribution in [0.3, 0.4) is 0 Å². The third kappa shape index (κ3) is 5.27. The molecule has 0 bridgehead atoms. The molecule has 0 unspecified atom stereocenters. The first-order valence-electron chi connectivity index (χ1n) is 9.20. The van der Waals surface area contributed by atoms with E-state index in [2.05, 4.69) is 0 Å². The molecule has 0 N–H and O–H groups in total. The summed E-state index contributed by atoms with van der Waals surface area (Å²) in [4.78, 5) is 25.9. The average Bonchev–Trinajstić information content (AvgIpc) is 2.69. The molecular formula is C21H26N2O4S. The van der Waals surface area contributed by atoms with Crippen molar-refractivity contribution in [3.63, 3.8) is 0 Å². The summed E-state index contributed by atoms with van der Waals surface area (Å²) >= 11 is 0. The van der Waals surface area contributed by atoms with Crippen LogP contribution in [0.15, 0.2) is 59.5 Å². The third-order valence-electron chi connectivity index (χ3n) is 4.43. The highest BCUT2D eigenvalue weighted by Gasteiger charge is 2.25. The van der Waals surface area contributed by atoms with Crippen molar-refractivity contribution in [2.24, 2.45) is 0 Å². The summed E-state index contributed by atoms with van der Waals surface area (Å²) < 4.78 is 26.6. The third-order valence-corrected chi connectivity index (χ3v) is 6.25. The number of carbonyl (C=O) groups excluding carboxylic acids is 2. The summed E-state index contributed by atoms with van der Waals surface area (Å²) in [5.41, 5.74) is 1.19. The van der Waals surface area contributed by atoms with Crippen LogP contribution in [-0.2, 0) is 14.8 Å². The lowest BCUT2D eigenvalue weighted by atomic mass is 10.2. The highest BCUT2D eigenvalue weighted by Crippen LogP contribution is 2.18. The summed E-state index contributed by atoms with van der Waals surface area (Å²) in [6, 6.07) is 15.0. The molecule has 0 radical (unpaired) electrons. The normalized spacial score (nSPS) is 11.4. The Hall–Kier alpha value is -2.51. The number of benzene rings is 2. The highest BCUT2D eigenvalue weighted by molar-refractivity contribution is 7.89. The minimum absolute atomic E-state index is 0.0487. The lowest BCUT2D eigenvalue weighted by Gasteiger charge is -2.25. The SMILES string of the molecule is CCCCN(C(=O)CN(C)S(=O)(=O)c1ccc(C(C)=O)cc1)c1ccccc1. The number of para-hydroxylation sites is 1. The van der Waals surface area contributed by atoms with E-state index in [0.717, 1.165) is 22.8 Å². The van der Waals surface area contributed by atoms with Gasteiger partial charge in [-0.05, 0) is 37.6 Å². The Kier molecular flexibility index (Phi) is 7.48. The molecule has 0 aliphatic carbocycles. The molecule has 2 aromatic carbocycles. The number of carbonyl (C=O) groups is 2. The van der Waals surface area contributed by atoms with Crippen LogP contribution in [0.5, 0.6) is 0 Å². The van der Waals surface area contributed by atoms with Gasteiger partial charge in [0.1, 0.15) is 0 Å². The molecule has 0 saturated carbocycles. The van der Waals surface area contributed by atoms with E-state index in [1.807, 2.05) is 37.3 Å². The fourth-order valence-electron chi connectivity index (χ4n) is 2.72. The number of likely N-dealkylation sites (N-methyl/N-ethyl adjacent to an activating group) is 1. The van der Waals surface area contributed by atoms with Crippen molar-refractivity contribution >= 4 is 27.4 Å². The first-order valence-corrected chi connectivity index (χ1v) is 10.6. The van der Waals surface area contributed by atoms with Gasteiger partial charge >= 0.3 is 0 Å².